The molecule has 0 saturated carbocycles. The highest BCUT2D eigenvalue weighted by molar-refractivity contribution is 5.70. The maximum atomic E-state index is 11.1. The van der Waals surface area contributed by atoms with Crippen molar-refractivity contribution in [2.24, 2.45) is 0 Å². The van der Waals surface area contributed by atoms with E-state index in [2.05, 4.69) is 47.7 Å². The third-order valence-corrected chi connectivity index (χ3v) is 3.39. The van der Waals surface area contributed by atoms with E-state index in [9.17, 15) is 4.79 Å². The molecule has 0 heterocycles. The first-order chi connectivity index (χ1) is 8.58. The molecule has 0 aliphatic heterocycles. The van der Waals surface area contributed by atoms with E-state index >= 15 is 0 Å². The van der Waals surface area contributed by atoms with Gasteiger partial charge in [0.15, 0.2) is 0 Å². The molecule has 1 rings (SSSR count). The van der Waals surface area contributed by atoms with Gasteiger partial charge < -0.3 is 9.64 Å². The Kier molecular flexibility index (Phi) is 5.69. The van der Waals surface area contributed by atoms with Crippen LogP contribution in [0.1, 0.15) is 38.2 Å². The van der Waals surface area contributed by atoms with E-state index in [1.165, 1.54) is 12.7 Å². The van der Waals surface area contributed by atoms with Gasteiger partial charge in [-0.15, -0.1) is 0 Å². The maximum absolute atomic E-state index is 11.1. The van der Waals surface area contributed by atoms with Gasteiger partial charge in [-0.2, -0.15) is 0 Å². The number of anilines is 1. The fourth-order valence-corrected chi connectivity index (χ4v) is 1.78. The van der Waals surface area contributed by atoms with E-state index in [0.717, 1.165) is 12.1 Å². The highest BCUT2D eigenvalue weighted by atomic mass is 16.5. The molecule has 1 aromatic carbocycles. The number of hydrogen-bond acceptors (Lipinski definition) is 3. The van der Waals surface area contributed by atoms with Crippen LogP contribution in [0.25, 0.3) is 0 Å². The summed E-state index contributed by atoms with van der Waals surface area (Å²) in [6.45, 7) is 5.10. The zero-order valence-electron chi connectivity index (χ0n) is 11.8. The van der Waals surface area contributed by atoms with Crippen molar-refractivity contribution in [1.82, 2.24) is 0 Å². The lowest BCUT2D eigenvalue weighted by molar-refractivity contribution is -0.140. The van der Waals surface area contributed by atoms with E-state index in [1.54, 1.807) is 0 Å². The van der Waals surface area contributed by atoms with Crippen LogP contribution in [-0.2, 0) is 9.53 Å². The first-order valence-corrected chi connectivity index (χ1v) is 6.46. The minimum atomic E-state index is -0.168. The van der Waals surface area contributed by atoms with Gasteiger partial charge in [-0.05, 0) is 30.0 Å². The molecule has 1 aromatic rings. The van der Waals surface area contributed by atoms with Gasteiger partial charge in [0, 0.05) is 19.3 Å². The fourth-order valence-electron chi connectivity index (χ4n) is 1.78. The Hall–Kier alpha value is -1.51. The van der Waals surface area contributed by atoms with Crippen molar-refractivity contribution in [3.8, 4) is 0 Å². The predicted octanol–water partition coefficient (Wildman–Crippen LogP) is 3.20. The number of rotatable bonds is 6. The second-order valence-electron chi connectivity index (χ2n) is 4.65. The normalized spacial score (nSPS) is 12.0. The molecule has 0 amide bonds. The van der Waals surface area contributed by atoms with Crippen LogP contribution in [0.3, 0.4) is 0 Å². The lowest BCUT2D eigenvalue weighted by atomic mass is 9.98. The molecule has 0 aliphatic rings. The number of carbonyl (C=O) groups is 1. The Labute approximate surface area is 110 Å². The molecule has 1 atom stereocenters. The number of carbonyl (C=O) groups excluding carboxylic acids is 1. The van der Waals surface area contributed by atoms with E-state index < -0.39 is 0 Å². The zero-order valence-corrected chi connectivity index (χ0v) is 11.8. The highest BCUT2D eigenvalue weighted by Gasteiger charge is 2.07. The quantitative estimate of drug-likeness (QED) is 0.725. The third kappa shape index (κ3) is 4.06. The van der Waals surface area contributed by atoms with Gasteiger partial charge in [0.05, 0.1) is 13.5 Å². The van der Waals surface area contributed by atoms with Crippen LogP contribution in [-0.4, -0.2) is 26.7 Å². The summed E-state index contributed by atoms with van der Waals surface area (Å²) in [6.07, 6.45) is 1.57. The maximum Gasteiger partial charge on any atom is 0.307 e. The summed E-state index contributed by atoms with van der Waals surface area (Å²) >= 11 is 0. The van der Waals surface area contributed by atoms with Gasteiger partial charge in [0.1, 0.15) is 0 Å². The van der Waals surface area contributed by atoms with Crippen LogP contribution in [0.2, 0.25) is 0 Å². The van der Waals surface area contributed by atoms with Crippen molar-refractivity contribution in [3.05, 3.63) is 29.8 Å². The molecule has 1 unspecified atom stereocenters. The molecule has 3 heteroatoms. The molecular formula is C15H23NO2. The van der Waals surface area contributed by atoms with Gasteiger partial charge in [0.25, 0.3) is 0 Å². The average molecular weight is 249 g/mol. The predicted molar refractivity (Wildman–Crippen MR) is 75.1 cm³/mol. The minimum Gasteiger partial charge on any atom is -0.469 e. The Morgan fingerprint density at radius 3 is 2.44 bits per heavy atom. The summed E-state index contributed by atoms with van der Waals surface area (Å²) in [5.74, 6) is 0.428. The van der Waals surface area contributed by atoms with Crippen LogP contribution in [0, 0.1) is 0 Å². The molecule has 0 radical (unpaired) electrons. The molecule has 100 valence electrons. The first kappa shape index (κ1) is 14.6. The van der Waals surface area contributed by atoms with E-state index in [0.29, 0.717) is 18.9 Å². The highest BCUT2D eigenvalue weighted by Crippen LogP contribution is 2.21. The molecule has 0 spiro atoms. The first-order valence-electron chi connectivity index (χ1n) is 6.46. The van der Waals surface area contributed by atoms with Crippen molar-refractivity contribution in [1.29, 1.82) is 0 Å². The monoisotopic (exact) mass is 249 g/mol. The summed E-state index contributed by atoms with van der Waals surface area (Å²) in [5, 5.41) is 0. The van der Waals surface area contributed by atoms with Gasteiger partial charge in [-0.1, -0.05) is 26.0 Å². The topological polar surface area (TPSA) is 29.5 Å². The number of ether oxygens (including phenoxy) is 1. The molecule has 0 fully saturated rings. The van der Waals surface area contributed by atoms with Gasteiger partial charge in [-0.25, -0.2) is 0 Å². The Morgan fingerprint density at radius 1 is 1.33 bits per heavy atom. The standard InChI is InChI=1S/C15H23NO2/c1-5-12(2)13-6-8-14(9-7-13)16(3)11-10-15(17)18-4/h6-9,12H,5,10-11H2,1-4H3. The summed E-state index contributed by atoms with van der Waals surface area (Å²) in [7, 11) is 3.41. The van der Waals surface area contributed by atoms with E-state index in [4.69, 9.17) is 0 Å². The lowest BCUT2D eigenvalue weighted by Gasteiger charge is -2.19. The number of esters is 1. The van der Waals surface area contributed by atoms with Crippen LogP contribution in [0.5, 0.6) is 0 Å². The molecule has 0 aliphatic carbocycles. The number of benzene rings is 1. The second kappa shape index (κ2) is 7.04. The molecule has 0 bridgehead atoms. The second-order valence-corrected chi connectivity index (χ2v) is 4.65. The summed E-state index contributed by atoms with van der Waals surface area (Å²) in [5.41, 5.74) is 2.49. The van der Waals surface area contributed by atoms with Crippen molar-refractivity contribution < 1.29 is 9.53 Å². The fraction of sp³-hybridized carbons (Fsp3) is 0.533. The van der Waals surface area contributed by atoms with Crippen molar-refractivity contribution in [2.75, 3.05) is 25.6 Å². The molecule has 18 heavy (non-hydrogen) atoms. The number of nitrogens with zero attached hydrogens (tertiary/aromatic N) is 1. The van der Waals surface area contributed by atoms with Crippen molar-refractivity contribution in [2.45, 2.75) is 32.6 Å². The van der Waals surface area contributed by atoms with E-state index in [1.807, 2.05) is 7.05 Å². The lowest BCUT2D eigenvalue weighted by Crippen LogP contribution is -2.21. The Balaban J connectivity index is 2.58. The largest absolute Gasteiger partial charge is 0.469 e. The van der Waals surface area contributed by atoms with E-state index in [-0.39, 0.29) is 5.97 Å². The molecule has 0 aromatic heterocycles. The summed E-state index contributed by atoms with van der Waals surface area (Å²) in [4.78, 5) is 13.1. The molecule has 3 nitrogen and oxygen atoms in total. The minimum absolute atomic E-state index is 0.168. The Bertz CT molecular complexity index is 373. The van der Waals surface area contributed by atoms with Crippen LogP contribution in [0.15, 0.2) is 24.3 Å². The zero-order chi connectivity index (χ0) is 13.5. The summed E-state index contributed by atoms with van der Waals surface area (Å²) in [6, 6.07) is 8.55. The van der Waals surface area contributed by atoms with Crippen molar-refractivity contribution in [3.63, 3.8) is 0 Å². The smallest absolute Gasteiger partial charge is 0.307 e. The molecular weight excluding hydrogens is 226 g/mol. The van der Waals surface area contributed by atoms with Gasteiger partial charge >= 0.3 is 5.97 Å². The molecule has 0 saturated heterocycles. The van der Waals surface area contributed by atoms with Crippen LogP contribution < -0.4 is 4.90 Å². The third-order valence-electron chi connectivity index (χ3n) is 3.39. The Morgan fingerprint density at radius 2 is 1.94 bits per heavy atom. The number of hydrogen-bond donors (Lipinski definition) is 0. The molecule has 0 N–H and O–H groups in total. The van der Waals surface area contributed by atoms with Gasteiger partial charge in [0.2, 0.25) is 0 Å². The average Bonchev–Trinajstić information content (AvgIpc) is 2.43. The van der Waals surface area contributed by atoms with Crippen LogP contribution >= 0.6 is 0 Å². The summed E-state index contributed by atoms with van der Waals surface area (Å²) < 4.78 is 4.64. The van der Waals surface area contributed by atoms with Crippen LogP contribution in [0.4, 0.5) is 5.69 Å². The van der Waals surface area contributed by atoms with Gasteiger partial charge in [-0.3, -0.25) is 4.79 Å². The SMILES string of the molecule is CCC(C)c1ccc(N(C)CCC(=O)OC)cc1. The van der Waals surface area contributed by atoms with Crippen molar-refractivity contribution >= 4 is 11.7 Å². The number of methoxy groups -OCH3 is 1.